The molecule has 4 heteroatoms. The number of aryl methyl sites for hydroxylation is 1. The predicted molar refractivity (Wildman–Crippen MR) is 73.9 cm³/mol. The molecule has 1 rings (SSSR count). The molecular weight excluding hydrogens is 280 g/mol. The fourth-order valence-electron chi connectivity index (χ4n) is 1.99. The molecule has 17 heavy (non-hydrogen) atoms. The number of unbranched alkanes of at least 4 members (excludes halogenated alkanes) is 3. The van der Waals surface area contributed by atoms with Crippen LogP contribution in [-0.4, -0.2) is 14.9 Å². The second-order valence-corrected chi connectivity index (χ2v) is 5.32. The van der Waals surface area contributed by atoms with Crippen molar-refractivity contribution in [3.8, 4) is 0 Å². The van der Waals surface area contributed by atoms with Gasteiger partial charge in [0.2, 0.25) is 0 Å². The van der Waals surface area contributed by atoms with Crippen LogP contribution in [0.1, 0.15) is 64.2 Å². The highest BCUT2D eigenvalue weighted by Crippen LogP contribution is 2.27. The molecule has 1 atom stereocenters. The monoisotopic (exact) mass is 302 g/mol. The van der Waals surface area contributed by atoms with Gasteiger partial charge in [-0.25, -0.2) is 0 Å². The zero-order valence-corrected chi connectivity index (χ0v) is 12.4. The minimum atomic E-state index is -0.393. The predicted octanol–water partition coefficient (Wildman–Crippen LogP) is 4.06. The maximum atomic E-state index is 10.2. The minimum Gasteiger partial charge on any atom is -0.387 e. The van der Waals surface area contributed by atoms with Crippen LogP contribution < -0.4 is 0 Å². The first kappa shape index (κ1) is 14.7. The minimum absolute atomic E-state index is 0.393. The van der Waals surface area contributed by atoms with E-state index in [1.165, 1.54) is 19.3 Å². The fourth-order valence-corrected chi connectivity index (χ4v) is 2.55. The fraction of sp³-hybridized carbons (Fsp3) is 0.769. The third kappa shape index (κ3) is 4.43. The van der Waals surface area contributed by atoms with Gasteiger partial charge in [0.15, 0.2) is 0 Å². The molecule has 0 spiro atoms. The van der Waals surface area contributed by atoms with E-state index in [4.69, 9.17) is 0 Å². The summed E-state index contributed by atoms with van der Waals surface area (Å²) in [6, 6.07) is 0. The lowest BCUT2D eigenvalue weighted by Crippen LogP contribution is -2.09. The van der Waals surface area contributed by atoms with Crippen molar-refractivity contribution in [2.75, 3.05) is 0 Å². The van der Waals surface area contributed by atoms with Gasteiger partial charge in [0.25, 0.3) is 0 Å². The van der Waals surface area contributed by atoms with Crippen LogP contribution in [-0.2, 0) is 6.54 Å². The van der Waals surface area contributed by atoms with Crippen LogP contribution in [0.2, 0.25) is 0 Å². The lowest BCUT2D eigenvalue weighted by atomic mass is 10.1. The molecule has 1 aromatic heterocycles. The van der Waals surface area contributed by atoms with E-state index in [2.05, 4.69) is 34.9 Å². The second-order valence-electron chi connectivity index (χ2n) is 4.47. The average Bonchev–Trinajstić information content (AvgIpc) is 2.66. The number of aliphatic hydroxyl groups is 1. The Bertz CT molecular complexity index is 325. The summed E-state index contributed by atoms with van der Waals surface area (Å²) in [6.07, 6.45) is 8.01. The van der Waals surface area contributed by atoms with Crippen LogP contribution in [0.15, 0.2) is 10.7 Å². The first-order valence-corrected chi connectivity index (χ1v) is 7.39. The molecule has 0 saturated carbocycles. The molecular formula is C13H23BrN2O. The summed E-state index contributed by atoms with van der Waals surface area (Å²) in [5.41, 5.74) is 0.934. The van der Waals surface area contributed by atoms with Crippen molar-refractivity contribution in [2.45, 2.75) is 65.0 Å². The van der Waals surface area contributed by atoms with Crippen molar-refractivity contribution in [2.24, 2.45) is 0 Å². The van der Waals surface area contributed by atoms with Crippen molar-refractivity contribution in [3.05, 3.63) is 16.4 Å². The number of rotatable bonds is 8. The molecule has 1 aromatic rings. The van der Waals surface area contributed by atoms with E-state index in [1.54, 1.807) is 6.20 Å². The highest BCUT2D eigenvalue weighted by molar-refractivity contribution is 9.10. The van der Waals surface area contributed by atoms with Crippen LogP contribution in [0.3, 0.4) is 0 Å². The van der Waals surface area contributed by atoms with E-state index < -0.39 is 6.10 Å². The number of halogens is 1. The van der Waals surface area contributed by atoms with Gasteiger partial charge in [0.1, 0.15) is 0 Å². The Morgan fingerprint density at radius 1 is 1.29 bits per heavy atom. The third-order valence-electron chi connectivity index (χ3n) is 2.92. The third-order valence-corrected chi connectivity index (χ3v) is 3.53. The molecule has 1 heterocycles. The van der Waals surface area contributed by atoms with Crippen LogP contribution in [0.25, 0.3) is 0 Å². The molecule has 0 fully saturated rings. The Morgan fingerprint density at radius 3 is 2.71 bits per heavy atom. The topological polar surface area (TPSA) is 38.1 Å². The lowest BCUT2D eigenvalue weighted by molar-refractivity contribution is 0.151. The maximum absolute atomic E-state index is 10.2. The van der Waals surface area contributed by atoms with Gasteiger partial charge in [-0.1, -0.05) is 39.5 Å². The lowest BCUT2D eigenvalue weighted by Gasteiger charge is -2.13. The zero-order valence-electron chi connectivity index (χ0n) is 10.8. The Morgan fingerprint density at radius 2 is 2.06 bits per heavy atom. The van der Waals surface area contributed by atoms with E-state index in [1.807, 2.05) is 4.68 Å². The smallest absolute Gasteiger partial charge is 0.0968 e. The molecule has 98 valence electrons. The number of aliphatic hydroxyl groups excluding tert-OH is 1. The standard InChI is InChI=1S/C13H23BrN2O/c1-3-5-6-7-8-12(17)13-11(14)10-15-16(13)9-4-2/h10,12,17H,3-9H2,1-2H3. The molecule has 0 aliphatic carbocycles. The van der Waals surface area contributed by atoms with E-state index in [0.717, 1.165) is 36.0 Å². The van der Waals surface area contributed by atoms with Gasteiger partial charge in [-0.15, -0.1) is 0 Å². The number of hydrogen-bond donors (Lipinski definition) is 1. The Kier molecular flexibility index (Phi) is 6.82. The normalized spacial score (nSPS) is 12.9. The molecule has 0 aliphatic rings. The second kappa shape index (κ2) is 7.88. The maximum Gasteiger partial charge on any atom is 0.0968 e. The van der Waals surface area contributed by atoms with Crippen molar-refractivity contribution < 1.29 is 5.11 Å². The molecule has 0 aliphatic heterocycles. The number of hydrogen-bond acceptors (Lipinski definition) is 2. The van der Waals surface area contributed by atoms with Crippen LogP contribution in [0.4, 0.5) is 0 Å². The van der Waals surface area contributed by atoms with Gasteiger partial charge in [-0.2, -0.15) is 5.10 Å². The number of nitrogens with zero attached hydrogens (tertiary/aromatic N) is 2. The summed E-state index contributed by atoms with van der Waals surface area (Å²) >= 11 is 3.47. The average molecular weight is 303 g/mol. The molecule has 1 unspecified atom stereocenters. The quantitative estimate of drug-likeness (QED) is 0.735. The highest BCUT2D eigenvalue weighted by Gasteiger charge is 2.16. The summed E-state index contributed by atoms with van der Waals surface area (Å²) in [4.78, 5) is 0. The van der Waals surface area contributed by atoms with E-state index in [9.17, 15) is 5.11 Å². The Balaban J connectivity index is 2.54. The molecule has 0 radical (unpaired) electrons. The first-order chi connectivity index (χ1) is 8.20. The van der Waals surface area contributed by atoms with Crippen LogP contribution in [0, 0.1) is 0 Å². The Labute approximate surface area is 112 Å². The highest BCUT2D eigenvalue weighted by atomic mass is 79.9. The van der Waals surface area contributed by atoms with Crippen molar-refractivity contribution in [1.82, 2.24) is 9.78 Å². The summed E-state index contributed by atoms with van der Waals surface area (Å²) < 4.78 is 2.84. The van der Waals surface area contributed by atoms with Gasteiger partial charge >= 0.3 is 0 Å². The van der Waals surface area contributed by atoms with Gasteiger partial charge < -0.3 is 5.11 Å². The van der Waals surface area contributed by atoms with Crippen molar-refractivity contribution >= 4 is 15.9 Å². The van der Waals surface area contributed by atoms with E-state index in [0.29, 0.717) is 0 Å². The van der Waals surface area contributed by atoms with Crippen LogP contribution in [0.5, 0.6) is 0 Å². The summed E-state index contributed by atoms with van der Waals surface area (Å²) in [6.45, 7) is 5.18. The van der Waals surface area contributed by atoms with E-state index in [-0.39, 0.29) is 0 Å². The van der Waals surface area contributed by atoms with Gasteiger partial charge in [0, 0.05) is 6.54 Å². The largest absolute Gasteiger partial charge is 0.387 e. The molecule has 0 aromatic carbocycles. The molecule has 0 saturated heterocycles. The molecule has 0 amide bonds. The summed E-state index contributed by atoms with van der Waals surface area (Å²) in [5, 5.41) is 14.5. The first-order valence-electron chi connectivity index (χ1n) is 6.60. The van der Waals surface area contributed by atoms with Gasteiger partial charge in [-0.05, 0) is 28.8 Å². The van der Waals surface area contributed by atoms with Crippen LogP contribution >= 0.6 is 15.9 Å². The number of aromatic nitrogens is 2. The Hall–Kier alpha value is -0.350. The van der Waals surface area contributed by atoms with E-state index >= 15 is 0 Å². The molecule has 3 nitrogen and oxygen atoms in total. The summed E-state index contributed by atoms with van der Waals surface area (Å²) in [7, 11) is 0. The van der Waals surface area contributed by atoms with Gasteiger partial charge in [0.05, 0.1) is 22.5 Å². The SMILES string of the molecule is CCCCCCC(O)c1c(Br)cnn1CCC. The molecule has 1 N–H and O–H groups in total. The van der Waals surface area contributed by atoms with Crippen molar-refractivity contribution in [1.29, 1.82) is 0 Å². The zero-order chi connectivity index (χ0) is 12.7. The van der Waals surface area contributed by atoms with Gasteiger partial charge in [-0.3, -0.25) is 4.68 Å². The molecule has 0 bridgehead atoms. The van der Waals surface area contributed by atoms with Crippen molar-refractivity contribution in [3.63, 3.8) is 0 Å². The summed E-state index contributed by atoms with van der Waals surface area (Å²) in [5.74, 6) is 0.